The van der Waals surface area contributed by atoms with E-state index in [0.29, 0.717) is 0 Å². The van der Waals surface area contributed by atoms with E-state index in [0.717, 1.165) is 56.9 Å². The first-order valence-corrected chi connectivity index (χ1v) is 8.85. The van der Waals surface area contributed by atoms with Gasteiger partial charge >= 0.3 is 6.09 Å². The minimum absolute atomic E-state index is 0.0735. The van der Waals surface area contributed by atoms with E-state index < -0.39 is 5.60 Å². The van der Waals surface area contributed by atoms with Crippen LogP contribution in [-0.4, -0.2) is 54.3 Å². The highest BCUT2D eigenvalue weighted by atomic mass is 16.6. The van der Waals surface area contributed by atoms with Crippen LogP contribution in [0.2, 0.25) is 0 Å². The molecule has 1 aromatic rings. The van der Waals surface area contributed by atoms with Crippen molar-refractivity contribution in [2.45, 2.75) is 45.3 Å². The molecule has 0 aliphatic carbocycles. The number of hydrogen-bond acceptors (Lipinski definition) is 5. The van der Waals surface area contributed by atoms with Crippen molar-refractivity contribution in [1.82, 2.24) is 15.2 Å². The Morgan fingerprint density at radius 2 is 2.00 bits per heavy atom. The second-order valence-corrected chi connectivity index (χ2v) is 7.52. The maximum Gasteiger partial charge on any atom is 0.410 e. The highest BCUT2D eigenvalue weighted by Gasteiger charge is 2.33. The SMILES string of the molecule is CC(C)(C)OC(=O)N1CCC[C@H]1c1ccc(N2CCNCC2)nc1. The van der Waals surface area contributed by atoms with Gasteiger partial charge in [0, 0.05) is 38.9 Å². The summed E-state index contributed by atoms with van der Waals surface area (Å²) in [6, 6.07) is 4.26. The van der Waals surface area contributed by atoms with Crippen LogP contribution in [0.4, 0.5) is 10.6 Å². The van der Waals surface area contributed by atoms with Gasteiger partial charge < -0.3 is 19.9 Å². The second-order valence-electron chi connectivity index (χ2n) is 7.52. The number of aromatic nitrogens is 1. The summed E-state index contributed by atoms with van der Waals surface area (Å²) in [7, 11) is 0. The molecule has 2 aliphatic rings. The Balaban J connectivity index is 1.69. The van der Waals surface area contributed by atoms with Crippen LogP contribution in [0.25, 0.3) is 0 Å². The standard InChI is InChI=1S/C18H28N4O2/c1-18(2,3)24-17(23)22-10-4-5-15(22)14-6-7-16(20-13-14)21-11-8-19-9-12-21/h6-7,13,15,19H,4-5,8-12H2,1-3H3/t15-/m0/s1. The molecule has 2 fully saturated rings. The topological polar surface area (TPSA) is 57.7 Å². The molecule has 6 nitrogen and oxygen atoms in total. The van der Waals surface area contributed by atoms with Gasteiger partial charge in [-0.1, -0.05) is 6.07 Å². The molecule has 0 radical (unpaired) electrons. The fourth-order valence-corrected chi connectivity index (χ4v) is 3.33. The van der Waals surface area contributed by atoms with E-state index in [1.54, 1.807) is 0 Å². The Kier molecular flexibility index (Phi) is 4.94. The number of amides is 1. The summed E-state index contributed by atoms with van der Waals surface area (Å²) in [6.45, 7) is 10.4. The average molecular weight is 332 g/mol. The average Bonchev–Trinajstić information content (AvgIpc) is 3.04. The lowest BCUT2D eigenvalue weighted by atomic mass is 10.1. The van der Waals surface area contributed by atoms with Crippen LogP contribution in [0.3, 0.4) is 0 Å². The molecule has 0 saturated carbocycles. The van der Waals surface area contributed by atoms with Crippen molar-refractivity contribution in [2.75, 3.05) is 37.6 Å². The van der Waals surface area contributed by atoms with Crippen LogP contribution >= 0.6 is 0 Å². The van der Waals surface area contributed by atoms with Gasteiger partial charge in [0.05, 0.1) is 6.04 Å². The van der Waals surface area contributed by atoms with E-state index in [-0.39, 0.29) is 12.1 Å². The number of carbonyl (C=O) groups excluding carboxylic acids is 1. The molecule has 1 N–H and O–H groups in total. The third-order valence-electron chi connectivity index (χ3n) is 4.48. The first-order chi connectivity index (χ1) is 11.4. The predicted molar refractivity (Wildman–Crippen MR) is 94.2 cm³/mol. The fourth-order valence-electron chi connectivity index (χ4n) is 3.33. The van der Waals surface area contributed by atoms with Crippen molar-refractivity contribution in [3.8, 4) is 0 Å². The van der Waals surface area contributed by atoms with Crippen molar-refractivity contribution in [3.63, 3.8) is 0 Å². The van der Waals surface area contributed by atoms with Gasteiger partial charge in [-0.2, -0.15) is 0 Å². The molecule has 1 aromatic heterocycles. The summed E-state index contributed by atoms with van der Waals surface area (Å²) in [6.07, 6.45) is 3.67. The largest absolute Gasteiger partial charge is 0.444 e. The molecule has 0 aromatic carbocycles. The zero-order valence-electron chi connectivity index (χ0n) is 14.9. The number of nitrogens with zero attached hydrogens (tertiary/aromatic N) is 3. The molecule has 3 heterocycles. The number of carbonyl (C=O) groups is 1. The Labute approximate surface area is 144 Å². The molecule has 132 valence electrons. The zero-order valence-corrected chi connectivity index (χ0v) is 14.9. The molecule has 6 heteroatoms. The molecule has 2 saturated heterocycles. The lowest BCUT2D eigenvalue weighted by Gasteiger charge is -2.30. The van der Waals surface area contributed by atoms with Crippen LogP contribution in [0.5, 0.6) is 0 Å². The van der Waals surface area contributed by atoms with E-state index in [9.17, 15) is 4.79 Å². The van der Waals surface area contributed by atoms with Crippen LogP contribution in [0.1, 0.15) is 45.2 Å². The minimum atomic E-state index is -0.464. The Morgan fingerprint density at radius 1 is 1.25 bits per heavy atom. The normalized spacial score (nSPS) is 21.9. The number of rotatable bonds is 2. The fraction of sp³-hybridized carbons (Fsp3) is 0.667. The van der Waals surface area contributed by atoms with Crippen molar-refractivity contribution in [2.24, 2.45) is 0 Å². The molecular weight excluding hydrogens is 304 g/mol. The van der Waals surface area contributed by atoms with Crippen LogP contribution in [0.15, 0.2) is 18.3 Å². The Hall–Kier alpha value is -1.82. The number of pyridine rings is 1. The number of nitrogens with one attached hydrogen (secondary N) is 1. The van der Waals surface area contributed by atoms with Crippen molar-refractivity contribution in [3.05, 3.63) is 23.9 Å². The summed E-state index contributed by atoms with van der Waals surface area (Å²) in [5.41, 5.74) is 0.631. The van der Waals surface area contributed by atoms with Gasteiger partial charge in [-0.3, -0.25) is 0 Å². The molecule has 0 unspecified atom stereocenters. The number of likely N-dealkylation sites (tertiary alicyclic amines) is 1. The van der Waals surface area contributed by atoms with Gasteiger partial charge in [0.2, 0.25) is 0 Å². The van der Waals surface area contributed by atoms with Crippen molar-refractivity contribution >= 4 is 11.9 Å². The first-order valence-electron chi connectivity index (χ1n) is 8.85. The smallest absolute Gasteiger partial charge is 0.410 e. The van der Waals surface area contributed by atoms with Crippen molar-refractivity contribution < 1.29 is 9.53 Å². The number of anilines is 1. The minimum Gasteiger partial charge on any atom is -0.444 e. The van der Waals surface area contributed by atoms with Gasteiger partial charge in [-0.05, 0) is 45.2 Å². The molecule has 2 aliphatic heterocycles. The van der Waals surface area contributed by atoms with Gasteiger partial charge in [-0.15, -0.1) is 0 Å². The molecule has 1 atom stereocenters. The second kappa shape index (κ2) is 6.97. The summed E-state index contributed by atoms with van der Waals surface area (Å²) in [4.78, 5) is 21.2. The molecular formula is C18H28N4O2. The third kappa shape index (κ3) is 3.98. The highest BCUT2D eigenvalue weighted by molar-refractivity contribution is 5.69. The lowest BCUT2D eigenvalue weighted by Crippen LogP contribution is -2.43. The van der Waals surface area contributed by atoms with E-state index in [1.807, 2.05) is 31.9 Å². The summed E-state index contributed by atoms with van der Waals surface area (Å²) in [5, 5.41) is 3.35. The number of piperazine rings is 1. The Morgan fingerprint density at radius 3 is 2.62 bits per heavy atom. The van der Waals surface area contributed by atoms with Gasteiger partial charge in [0.1, 0.15) is 11.4 Å². The van der Waals surface area contributed by atoms with Crippen LogP contribution < -0.4 is 10.2 Å². The number of hydrogen-bond donors (Lipinski definition) is 1. The Bertz CT molecular complexity index is 561. The van der Waals surface area contributed by atoms with Gasteiger partial charge in [0.25, 0.3) is 0 Å². The molecule has 0 bridgehead atoms. The van der Waals surface area contributed by atoms with Gasteiger partial charge in [-0.25, -0.2) is 9.78 Å². The van der Waals surface area contributed by atoms with Crippen LogP contribution in [0, 0.1) is 0 Å². The maximum atomic E-state index is 12.4. The maximum absolute atomic E-state index is 12.4. The predicted octanol–water partition coefficient (Wildman–Crippen LogP) is 2.56. The van der Waals surface area contributed by atoms with E-state index in [2.05, 4.69) is 27.3 Å². The zero-order chi connectivity index (χ0) is 17.2. The summed E-state index contributed by atoms with van der Waals surface area (Å²) < 4.78 is 5.54. The first kappa shape index (κ1) is 17.0. The monoisotopic (exact) mass is 332 g/mol. The summed E-state index contributed by atoms with van der Waals surface area (Å²) >= 11 is 0. The number of ether oxygens (including phenoxy) is 1. The third-order valence-corrected chi connectivity index (χ3v) is 4.48. The van der Waals surface area contributed by atoms with E-state index in [1.165, 1.54) is 0 Å². The molecule has 3 rings (SSSR count). The molecule has 24 heavy (non-hydrogen) atoms. The van der Waals surface area contributed by atoms with Crippen LogP contribution in [-0.2, 0) is 4.74 Å². The van der Waals surface area contributed by atoms with E-state index in [4.69, 9.17) is 4.74 Å². The summed E-state index contributed by atoms with van der Waals surface area (Å²) in [5.74, 6) is 1.02. The quantitative estimate of drug-likeness (QED) is 0.902. The highest BCUT2D eigenvalue weighted by Crippen LogP contribution is 2.33. The van der Waals surface area contributed by atoms with Gasteiger partial charge in [0.15, 0.2) is 0 Å². The molecule has 1 amide bonds. The van der Waals surface area contributed by atoms with Crippen molar-refractivity contribution in [1.29, 1.82) is 0 Å². The lowest BCUT2D eigenvalue weighted by molar-refractivity contribution is 0.0224. The van der Waals surface area contributed by atoms with E-state index >= 15 is 0 Å². The molecule has 0 spiro atoms.